The molecule has 0 aliphatic carbocycles. The molecule has 5 nitrogen and oxygen atoms in total. The zero-order chi connectivity index (χ0) is 23.4. The zero-order valence-corrected chi connectivity index (χ0v) is 17.8. The van der Waals surface area contributed by atoms with Crippen LogP contribution in [0.5, 0.6) is 0 Å². The molecule has 0 spiro atoms. The first-order valence-electron chi connectivity index (χ1n) is 10.3. The highest BCUT2D eigenvalue weighted by atomic mass is 19.4. The topological polar surface area (TPSA) is 58.1 Å². The van der Waals surface area contributed by atoms with Crippen LogP contribution in [0.4, 0.5) is 24.9 Å². The fourth-order valence-corrected chi connectivity index (χ4v) is 3.50. The van der Waals surface area contributed by atoms with Crippen LogP contribution in [-0.4, -0.2) is 28.6 Å². The van der Waals surface area contributed by atoms with Gasteiger partial charge < -0.3 is 5.32 Å². The summed E-state index contributed by atoms with van der Waals surface area (Å²) < 4.78 is 40.2. The van der Waals surface area contributed by atoms with E-state index in [0.717, 1.165) is 16.3 Å². The predicted octanol–water partition coefficient (Wildman–Crippen LogP) is 6.01. The van der Waals surface area contributed by atoms with E-state index in [1.165, 1.54) is 18.3 Å². The maximum Gasteiger partial charge on any atom is 0.406 e. The lowest BCUT2D eigenvalue weighted by molar-refractivity contribution is -0.118. The Morgan fingerprint density at radius 3 is 2.39 bits per heavy atom. The molecule has 0 aliphatic heterocycles. The van der Waals surface area contributed by atoms with Crippen molar-refractivity contribution in [3.63, 3.8) is 0 Å². The minimum Gasteiger partial charge on any atom is -0.348 e. The van der Waals surface area contributed by atoms with Crippen molar-refractivity contribution < 1.29 is 18.0 Å². The average molecular weight is 450 g/mol. The Balaban J connectivity index is 1.65. The van der Waals surface area contributed by atoms with Crippen LogP contribution in [-0.2, 0) is 0 Å². The van der Waals surface area contributed by atoms with Gasteiger partial charge in [-0.25, -0.2) is 4.98 Å². The van der Waals surface area contributed by atoms with Crippen molar-refractivity contribution >= 4 is 28.4 Å². The molecule has 1 aromatic heterocycles. The van der Waals surface area contributed by atoms with Crippen molar-refractivity contribution in [2.75, 3.05) is 16.8 Å². The third-order valence-electron chi connectivity index (χ3n) is 5.14. The molecule has 1 atom stereocenters. The van der Waals surface area contributed by atoms with Crippen LogP contribution < -0.4 is 10.2 Å². The van der Waals surface area contributed by atoms with E-state index >= 15 is 0 Å². The SMILES string of the molecule is C[C@H](Nc1nccc(N(CC(F)(F)F)C(=O)c2ccc3ccccc3c2)n1)c1ccccc1. The Bertz CT molecular complexity index is 1260. The van der Waals surface area contributed by atoms with Crippen LogP contribution in [0.2, 0.25) is 0 Å². The number of nitrogens with zero attached hydrogens (tertiary/aromatic N) is 3. The monoisotopic (exact) mass is 450 g/mol. The van der Waals surface area contributed by atoms with Gasteiger partial charge in [0.25, 0.3) is 5.91 Å². The summed E-state index contributed by atoms with van der Waals surface area (Å²) in [5.41, 5.74) is 1.11. The molecule has 33 heavy (non-hydrogen) atoms. The molecule has 4 rings (SSSR count). The largest absolute Gasteiger partial charge is 0.406 e. The predicted molar refractivity (Wildman–Crippen MR) is 122 cm³/mol. The number of fused-ring (bicyclic) bond motifs is 1. The van der Waals surface area contributed by atoms with Gasteiger partial charge in [-0.15, -0.1) is 0 Å². The highest BCUT2D eigenvalue weighted by molar-refractivity contribution is 6.07. The molecule has 0 unspecified atom stereocenters. The maximum atomic E-state index is 13.4. The number of alkyl halides is 3. The summed E-state index contributed by atoms with van der Waals surface area (Å²) in [5, 5.41) is 4.73. The molecule has 1 amide bonds. The maximum absolute atomic E-state index is 13.4. The highest BCUT2D eigenvalue weighted by Gasteiger charge is 2.35. The molecule has 1 N–H and O–H groups in total. The van der Waals surface area contributed by atoms with E-state index in [-0.39, 0.29) is 23.4 Å². The molecule has 0 radical (unpaired) electrons. The lowest BCUT2D eigenvalue weighted by Crippen LogP contribution is -2.39. The summed E-state index contributed by atoms with van der Waals surface area (Å²) in [6, 6.07) is 22.8. The van der Waals surface area contributed by atoms with Crippen molar-refractivity contribution in [3.8, 4) is 0 Å². The van der Waals surface area contributed by atoms with E-state index in [0.29, 0.717) is 4.90 Å². The van der Waals surface area contributed by atoms with Gasteiger partial charge in [-0.2, -0.15) is 18.2 Å². The fraction of sp³-hybridized carbons (Fsp3) is 0.160. The number of halogens is 3. The summed E-state index contributed by atoms with van der Waals surface area (Å²) in [5.74, 6) is -0.801. The number of carbonyl (C=O) groups excluding carboxylic acids is 1. The van der Waals surface area contributed by atoms with Gasteiger partial charge in [0.2, 0.25) is 5.95 Å². The molecule has 0 aliphatic rings. The first kappa shape index (κ1) is 22.3. The van der Waals surface area contributed by atoms with Gasteiger partial charge in [0, 0.05) is 11.8 Å². The van der Waals surface area contributed by atoms with Crippen LogP contribution in [0.15, 0.2) is 85.1 Å². The Kier molecular flexibility index (Phi) is 6.26. The molecule has 3 aromatic carbocycles. The van der Waals surface area contributed by atoms with Crippen LogP contribution in [0, 0.1) is 0 Å². The van der Waals surface area contributed by atoms with E-state index in [1.807, 2.05) is 49.4 Å². The minimum absolute atomic E-state index is 0.127. The third kappa shape index (κ3) is 5.46. The van der Waals surface area contributed by atoms with Crippen LogP contribution in [0.3, 0.4) is 0 Å². The highest BCUT2D eigenvalue weighted by Crippen LogP contribution is 2.25. The average Bonchev–Trinajstić information content (AvgIpc) is 2.82. The molecule has 168 valence electrons. The Hall–Kier alpha value is -3.94. The number of hydrogen-bond acceptors (Lipinski definition) is 4. The Morgan fingerprint density at radius 1 is 0.970 bits per heavy atom. The number of rotatable bonds is 6. The summed E-state index contributed by atoms with van der Waals surface area (Å²) in [4.78, 5) is 22.1. The molecule has 0 bridgehead atoms. The summed E-state index contributed by atoms with van der Waals surface area (Å²) >= 11 is 0. The van der Waals surface area contributed by atoms with E-state index in [9.17, 15) is 18.0 Å². The zero-order valence-electron chi connectivity index (χ0n) is 17.8. The number of amides is 1. The standard InChI is InChI=1S/C25H21F3N4O/c1-17(18-7-3-2-4-8-18)30-24-29-14-13-22(31-24)32(16-25(26,27)28)23(33)21-12-11-19-9-5-6-10-20(19)15-21/h2-15,17H,16H2,1H3,(H,29,30,31)/t17-/m0/s1. The van der Waals surface area contributed by atoms with Gasteiger partial charge in [-0.05, 0) is 41.5 Å². The second kappa shape index (κ2) is 9.28. The summed E-state index contributed by atoms with van der Waals surface area (Å²) in [7, 11) is 0. The number of nitrogens with one attached hydrogen (secondary N) is 1. The Morgan fingerprint density at radius 2 is 1.67 bits per heavy atom. The third-order valence-corrected chi connectivity index (χ3v) is 5.14. The minimum atomic E-state index is -4.61. The molecular formula is C25H21F3N4O. The number of benzene rings is 3. The van der Waals surface area contributed by atoms with Gasteiger partial charge in [0.15, 0.2) is 0 Å². The molecular weight excluding hydrogens is 429 g/mol. The second-order valence-electron chi connectivity index (χ2n) is 7.58. The fourth-order valence-electron chi connectivity index (χ4n) is 3.50. The number of anilines is 2. The van der Waals surface area contributed by atoms with Crippen LogP contribution in [0.25, 0.3) is 10.8 Å². The van der Waals surface area contributed by atoms with Crippen LogP contribution in [0.1, 0.15) is 28.9 Å². The van der Waals surface area contributed by atoms with Crippen molar-refractivity contribution in [1.82, 2.24) is 9.97 Å². The van der Waals surface area contributed by atoms with Gasteiger partial charge in [0.1, 0.15) is 12.4 Å². The quantitative estimate of drug-likeness (QED) is 0.391. The van der Waals surface area contributed by atoms with Gasteiger partial charge in [-0.3, -0.25) is 9.69 Å². The van der Waals surface area contributed by atoms with Gasteiger partial charge in [0.05, 0.1) is 6.04 Å². The van der Waals surface area contributed by atoms with E-state index < -0.39 is 18.6 Å². The molecule has 1 heterocycles. The lowest BCUT2D eigenvalue weighted by atomic mass is 10.1. The number of hydrogen-bond donors (Lipinski definition) is 1. The van der Waals surface area contributed by atoms with E-state index in [2.05, 4.69) is 15.3 Å². The molecule has 0 saturated carbocycles. The Labute approximate surface area is 188 Å². The van der Waals surface area contributed by atoms with Crippen molar-refractivity contribution in [2.24, 2.45) is 0 Å². The molecule has 0 saturated heterocycles. The van der Waals surface area contributed by atoms with Crippen molar-refractivity contribution in [1.29, 1.82) is 0 Å². The normalized spacial score (nSPS) is 12.4. The summed E-state index contributed by atoms with van der Waals surface area (Å²) in [6.07, 6.45) is -3.28. The van der Waals surface area contributed by atoms with E-state index in [4.69, 9.17) is 0 Å². The smallest absolute Gasteiger partial charge is 0.348 e. The lowest BCUT2D eigenvalue weighted by Gasteiger charge is -2.24. The number of aromatic nitrogens is 2. The van der Waals surface area contributed by atoms with Crippen molar-refractivity contribution in [3.05, 3.63) is 96.2 Å². The molecule has 8 heteroatoms. The molecule has 0 fully saturated rings. The van der Waals surface area contributed by atoms with E-state index in [1.54, 1.807) is 24.3 Å². The first-order chi connectivity index (χ1) is 15.8. The van der Waals surface area contributed by atoms with Gasteiger partial charge >= 0.3 is 6.18 Å². The van der Waals surface area contributed by atoms with Gasteiger partial charge in [-0.1, -0.05) is 60.7 Å². The van der Waals surface area contributed by atoms with Crippen molar-refractivity contribution in [2.45, 2.75) is 19.1 Å². The molecule has 4 aromatic rings. The summed E-state index contributed by atoms with van der Waals surface area (Å²) in [6.45, 7) is 0.419. The number of carbonyl (C=O) groups is 1. The second-order valence-corrected chi connectivity index (χ2v) is 7.58. The van der Waals surface area contributed by atoms with Crippen LogP contribution >= 0.6 is 0 Å². The first-order valence-corrected chi connectivity index (χ1v) is 10.3.